The van der Waals surface area contributed by atoms with Gasteiger partial charge >= 0.3 is 0 Å². The Labute approximate surface area is 173 Å². The molecule has 2 aromatic carbocycles. The topological polar surface area (TPSA) is 41.6 Å². The molecular weight excluding hydrogens is 383 g/mol. The van der Waals surface area contributed by atoms with Crippen molar-refractivity contribution < 1.29 is 9.53 Å². The van der Waals surface area contributed by atoms with E-state index in [2.05, 4.69) is 24.1 Å². The van der Waals surface area contributed by atoms with Crippen LogP contribution in [0.15, 0.2) is 48.5 Å². The highest BCUT2D eigenvalue weighted by molar-refractivity contribution is 6.31. The first-order chi connectivity index (χ1) is 12.6. The molecule has 0 radical (unpaired) electrons. The number of rotatable bonds is 9. The standard InChI is InChI=1S/C21H27ClN2O2.ClH/c1-4-24(5-2)19(17-11-7-8-12-18(17)22)14-23-21(25)15-26-20-13-9-6-10-16(20)3;/h6-13,19H,4-5,14-15H2,1-3H3,(H,23,25);1H. The van der Waals surface area contributed by atoms with Crippen LogP contribution in [0.5, 0.6) is 5.75 Å². The van der Waals surface area contributed by atoms with Crippen LogP contribution in [0, 0.1) is 6.92 Å². The fourth-order valence-electron chi connectivity index (χ4n) is 2.97. The zero-order valence-corrected chi connectivity index (χ0v) is 17.6. The summed E-state index contributed by atoms with van der Waals surface area (Å²) in [6.07, 6.45) is 0. The van der Waals surface area contributed by atoms with Crippen LogP contribution in [0.4, 0.5) is 0 Å². The number of likely N-dealkylation sites (N-methyl/N-ethyl adjacent to an activating group) is 1. The summed E-state index contributed by atoms with van der Waals surface area (Å²) in [4.78, 5) is 14.5. The van der Waals surface area contributed by atoms with Crippen LogP contribution in [-0.4, -0.2) is 37.0 Å². The highest BCUT2D eigenvalue weighted by atomic mass is 35.5. The lowest BCUT2D eigenvalue weighted by Crippen LogP contribution is -2.39. The van der Waals surface area contributed by atoms with Crippen LogP contribution >= 0.6 is 24.0 Å². The molecule has 0 aromatic heterocycles. The second-order valence-electron chi connectivity index (χ2n) is 6.12. The van der Waals surface area contributed by atoms with E-state index in [-0.39, 0.29) is 31.0 Å². The molecule has 1 N–H and O–H groups in total. The Bertz CT molecular complexity index is 721. The molecule has 0 spiro atoms. The summed E-state index contributed by atoms with van der Waals surface area (Å²) < 4.78 is 5.62. The maximum Gasteiger partial charge on any atom is 0.258 e. The summed E-state index contributed by atoms with van der Waals surface area (Å²) in [5, 5.41) is 3.70. The van der Waals surface area contributed by atoms with Crippen molar-refractivity contribution in [2.45, 2.75) is 26.8 Å². The highest BCUT2D eigenvalue weighted by Crippen LogP contribution is 2.27. The minimum atomic E-state index is -0.141. The summed E-state index contributed by atoms with van der Waals surface area (Å²) >= 11 is 6.39. The van der Waals surface area contributed by atoms with Crippen molar-refractivity contribution >= 4 is 29.9 Å². The van der Waals surface area contributed by atoms with Crippen LogP contribution < -0.4 is 10.1 Å². The molecule has 0 aliphatic rings. The normalized spacial score (nSPS) is 11.6. The van der Waals surface area contributed by atoms with E-state index in [1.807, 2.05) is 55.5 Å². The van der Waals surface area contributed by atoms with E-state index in [0.717, 1.165) is 35.0 Å². The van der Waals surface area contributed by atoms with Crippen molar-refractivity contribution in [3.63, 3.8) is 0 Å². The van der Waals surface area contributed by atoms with E-state index >= 15 is 0 Å². The van der Waals surface area contributed by atoms with E-state index < -0.39 is 0 Å². The molecule has 27 heavy (non-hydrogen) atoms. The molecule has 4 nitrogen and oxygen atoms in total. The molecule has 0 fully saturated rings. The van der Waals surface area contributed by atoms with Gasteiger partial charge in [0.05, 0.1) is 6.04 Å². The summed E-state index contributed by atoms with van der Waals surface area (Å²) in [7, 11) is 0. The SMILES string of the molecule is CCN(CC)C(CNC(=O)COc1ccccc1C)c1ccccc1Cl.Cl. The third-order valence-electron chi connectivity index (χ3n) is 4.46. The predicted molar refractivity (Wildman–Crippen MR) is 114 cm³/mol. The van der Waals surface area contributed by atoms with E-state index in [9.17, 15) is 4.79 Å². The van der Waals surface area contributed by atoms with Gasteiger partial charge in [-0.25, -0.2) is 0 Å². The van der Waals surface area contributed by atoms with Gasteiger partial charge in [0.2, 0.25) is 0 Å². The number of nitrogens with zero attached hydrogens (tertiary/aromatic N) is 1. The first kappa shape index (κ1) is 23.3. The van der Waals surface area contributed by atoms with E-state index in [4.69, 9.17) is 16.3 Å². The van der Waals surface area contributed by atoms with Crippen LogP contribution in [0.2, 0.25) is 5.02 Å². The number of aryl methyl sites for hydroxylation is 1. The van der Waals surface area contributed by atoms with Gasteiger partial charge in [0.15, 0.2) is 6.61 Å². The molecule has 1 atom stereocenters. The number of nitrogens with one attached hydrogen (secondary N) is 1. The fourth-order valence-corrected chi connectivity index (χ4v) is 3.23. The zero-order valence-electron chi connectivity index (χ0n) is 16.1. The average Bonchev–Trinajstić information content (AvgIpc) is 2.65. The smallest absolute Gasteiger partial charge is 0.258 e. The maximum absolute atomic E-state index is 12.3. The van der Waals surface area contributed by atoms with Gasteiger partial charge in [0, 0.05) is 11.6 Å². The van der Waals surface area contributed by atoms with Gasteiger partial charge in [-0.05, 0) is 43.3 Å². The number of ether oxygens (including phenoxy) is 1. The number of hydrogen-bond donors (Lipinski definition) is 1. The Morgan fingerprint density at radius 3 is 2.37 bits per heavy atom. The lowest BCUT2D eigenvalue weighted by atomic mass is 10.0. The minimum Gasteiger partial charge on any atom is -0.484 e. The van der Waals surface area contributed by atoms with Crippen molar-refractivity contribution in [3.8, 4) is 5.75 Å². The molecular formula is C21H28Cl2N2O2. The van der Waals surface area contributed by atoms with Crippen molar-refractivity contribution in [2.75, 3.05) is 26.2 Å². The van der Waals surface area contributed by atoms with Crippen LogP contribution in [0.1, 0.15) is 31.0 Å². The third-order valence-corrected chi connectivity index (χ3v) is 4.81. The molecule has 0 heterocycles. The highest BCUT2D eigenvalue weighted by Gasteiger charge is 2.21. The number of para-hydroxylation sites is 1. The summed E-state index contributed by atoms with van der Waals surface area (Å²) in [5.74, 6) is 0.589. The molecule has 0 aliphatic carbocycles. The Morgan fingerprint density at radius 1 is 1.11 bits per heavy atom. The molecule has 0 saturated heterocycles. The number of hydrogen-bond acceptors (Lipinski definition) is 3. The molecule has 1 amide bonds. The van der Waals surface area contributed by atoms with Gasteiger partial charge < -0.3 is 10.1 Å². The fraction of sp³-hybridized carbons (Fsp3) is 0.381. The number of carbonyl (C=O) groups excluding carboxylic acids is 1. The van der Waals surface area contributed by atoms with Crippen LogP contribution in [-0.2, 0) is 4.79 Å². The molecule has 2 aromatic rings. The van der Waals surface area contributed by atoms with Crippen molar-refractivity contribution in [3.05, 3.63) is 64.7 Å². The van der Waals surface area contributed by atoms with Crippen molar-refractivity contribution in [1.29, 1.82) is 0 Å². The van der Waals surface area contributed by atoms with E-state index in [1.165, 1.54) is 0 Å². The molecule has 148 valence electrons. The Balaban J connectivity index is 0.00000364. The van der Waals surface area contributed by atoms with E-state index in [0.29, 0.717) is 6.54 Å². The number of amides is 1. The lowest BCUT2D eigenvalue weighted by Gasteiger charge is -2.30. The quantitative estimate of drug-likeness (QED) is 0.653. The van der Waals surface area contributed by atoms with Gasteiger partial charge in [-0.3, -0.25) is 9.69 Å². The Hall–Kier alpha value is -1.75. The van der Waals surface area contributed by atoms with Gasteiger partial charge in [0.1, 0.15) is 5.75 Å². The molecule has 0 bridgehead atoms. The van der Waals surface area contributed by atoms with Gasteiger partial charge in [0.25, 0.3) is 5.91 Å². The van der Waals surface area contributed by atoms with Gasteiger partial charge in [-0.1, -0.05) is 61.8 Å². The second kappa shape index (κ2) is 11.9. The third kappa shape index (κ3) is 6.73. The summed E-state index contributed by atoms with van der Waals surface area (Å²) in [6.45, 7) is 8.41. The molecule has 1 unspecified atom stereocenters. The zero-order chi connectivity index (χ0) is 18.9. The Morgan fingerprint density at radius 2 is 1.74 bits per heavy atom. The average molecular weight is 411 g/mol. The van der Waals surface area contributed by atoms with Gasteiger partial charge in [-0.15, -0.1) is 12.4 Å². The first-order valence-electron chi connectivity index (χ1n) is 9.00. The van der Waals surface area contributed by atoms with E-state index in [1.54, 1.807) is 0 Å². The molecule has 0 saturated carbocycles. The number of benzene rings is 2. The molecule has 0 aliphatic heterocycles. The second-order valence-corrected chi connectivity index (χ2v) is 6.52. The van der Waals surface area contributed by atoms with Crippen molar-refractivity contribution in [1.82, 2.24) is 10.2 Å². The lowest BCUT2D eigenvalue weighted by molar-refractivity contribution is -0.123. The largest absolute Gasteiger partial charge is 0.484 e. The molecule has 6 heteroatoms. The number of carbonyl (C=O) groups is 1. The summed E-state index contributed by atoms with van der Waals surface area (Å²) in [5.41, 5.74) is 2.04. The maximum atomic E-state index is 12.3. The van der Waals surface area contributed by atoms with Crippen molar-refractivity contribution in [2.24, 2.45) is 0 Å². The Kier molecular flexibility index (Phi) is 10.2. The number of halogens is 2. The minimum absolute atomic E-state index is 0. The molecule has 2 rings (SSSR count). The predicted octanol–water partition coefficient (Wildman–Crippen LogP) is 4.65. The first-order valence-corrected chi connectivity index (χ1v) is 9.38. The summed E-state index contributed by atoms with van der Waals surface area (Å²) in [6, 6.07) is 15.5. The van der Waals surface area contributed by atoms with Crippen LogP contribution in [0.3, 0.4) is 0 Å². The van der Waals surface area contributed by atoms with Crippen LogP contribution in [0.25, 0.3) is 0 Å². The monoisotopic (exact) mass is 410 g/mol. The van der Waals surface area contributed by atoms with Gasteiger partial charge in [-0.2, -0.15) is 0 Å².